The van der Waals surface area contributed by atoms with E-state index in [1.807, 2.05) is 13.8 Å². The molecule has 0 atom stereocenters. The standard InChI is InChI=1S/C9H12O3/c1-5(2)8-6(10)3-4-7(11)9(8)12/h3-5,10-12H,1-2H3/p+1. The fraction of sp³-hybridized carbons (Fsp3) is 0.333. The number of benzene rings is 1. The molecule has 4 N–H and O–H groups in total. The first-order valence-electron chi connectivity index (χ1n) is 3.80. The van der Waals surface area contributed by atoms with E-state index in [9.17, 15) is 10.2 Å². The molecule has 0 aliphatic rings. The second-order valence-electron chi connectivity index (χ2n) is 3.05. The van der Waals surface area contributed by atoms with Gasteiger partial charge in [-0.25, -0.2) is 0 Å². The van der Waals surface area contributed by atoms with Crippen LogP contribution in [-0.2, 0) is 0 Å². The van der Waals surface area contributed by atoms with Crippen molar-refractivity contribution in [2.24, 2.45) is 0 Å². The van der Waals surface area contributed by atoms with Crippen LogP contribution in [0.4, 0.5) is 0 Å². The lowest BCUT2D eigenvalue weighted by molar-refractivity contribution is 0.386. The fourth-order valence-electron chi connectivity index (χ4n) is 1.17. The Balaban J connectivity index is 3.33. The van der Waals surface area contributed by atoms with Gasteiger partial charge in [-0.3, -0.25) is 0 Å². The average Bonchev–Trinajstić information content (AvgIpc) is 1.97. The Morgan fingerprint density at radius 3 is 2.25 bits per heavy atom. The van der Waals surface area contributed by atoms with Gasteiger partial charge in [0, 0.05) is 11.6 Å². The molecular weight excluding hydrogens is 156 g/mol. The van der Waals surface area contributed by atoms with Crippen LogP contribution in [0.1, 0.15) is 25.3 Å². The van der Waals surface area contributed by atoms with Crippen molar-refractivity contribution in [1.29, 1.82) is 0 Å². The van der Waals surface area contributed by atoms with Crippen LogP contribution in [0, 0.1) is 0 Å². The summed E-state index contributed by atoms with van der Waals surface area (Å²) in [5.74, 6) is 0.00954. The van der Waals surface area contributed by atoms with Crippen LogP contribution >= 0.6 is 0 Å². The topological polar surface area (TPSA) is 63.4 Å². The second kappa shape index (κ2) is 2.93. The summed E-state index contributed by atoms with van der Waals surface area (Å²) in [6.07, 6.45) is 0. The maximum atomic E-state index is 9.40. The van der Waals surface area contributed by atoms with Gasteiger partial charge >= 0.3 is 0 Å². The summed E-state index contributed by atoms with van der Waals surface area (Å²) in [4.78, 5) is 0. The van der Waals surface area contributed by atoms with Crippen LogP contribution < -0.4 is 0 Å². The van der Waals surface area contributed by atoms with Crippen molar-refractivity contribution in [3.05, 3.63) is 17.7 Å². The van der Waals surface area contributed by atoms with E-state index in [0.717, 1.165) is 0 Å². The molecule has 0 aliphatic carbocycles. The lowest BCUT2D eigenvalue weighted by Gasteiger charge is -2.09. The van der Waals surface area contributed by atoms with Crippen LogP contribution in [-0.4, -0.2) is 15.3 Å². The molecule has 0 saturated carbocycles. The minimum Gasteiger partial charge on any atom is -0.591 e. The third-order valence-electron chi connectivity index (χ3n) is 1.77. The molecule has 0 amide bonds. The van der Waals surface area contributed by atoms with E-state index in [-0.39, 0.29) is 23.2 Å². The highest BCUT2D eigenvalue weighted by molar-refractivity contribution is 5.52. The minimum absolute atomic E-state index is 0.0234. The number of hydrogen-bond acceptors (Lipinski definition) is 2. The van der Waals surface area contributed by atoms with E-state index in [1.54, 1.807) is 0 Å². The zero-order valence-electron chi connectivity index (χ0n) is 7.13. The van der Waals surface area contributed by atoms with E-state index in [0.29, 0.717) is 5.56 Å². The lowest BCUT2D eigenvalue weighted by atomic mass is 10.0. The van der Waals surface area contributed by atoms with Gasteiger partial charge in [0.25, 0.3) is 5.75 Å². The Kier molecular flexibility index (Phi) is 2.13. The van der Waals surface area contributed by atoms with Gasteiger partial charge in [0.05, 0.1) is 0 Å². The minimum atomic E-state index is -0.120. The van der Waals surface area contributed by atoms with E-state index >= 15 is 0 Å². The Morgan fingerprint density at radius 2 is 1.83 bits per heavy atom. The first-order valence-corrected chi connectivity index (χ1v) is 3.80. The quantitative estimate of drug-likeness (QED) is 0.628. The van der Waals surface area contributed by atoms with Gasteiger partial charge in [0.1, 0.15) is 5.75 Å². The molecule has 0 aliphatic heterocycles. The van der Waals surface area contributed by atoms with Crippen LogP contribution in [0.3, 0.4) is 0 Å². The molecule has 0 heterocycles. The van der Waals surface area contributed by atoms with Gasteiger partial charge < -0.3 is 15.3 Å². The Bertz CT molecular complexity index is 292. The summed E-state index contributed by atoms with van der Waals surface area (Å²) >= 11 is 0. The van der Waals surface area contributed by atoms with Crippen LogP contribution in [0.25, 0.3) is 0 Å². The van der Waals surface area contributed by atoms with Gasteiger partial charge in [-0.15, -0.1) is 0 Å². The van der Waals surface area contributed by atoms with E-state index in [4.69, 9.17) is 5.11 Å². The molecule has 0 radical (unpaired) electrons. The Morgan fingerprint density at radius 1 is 1.25 bits per heavy atom. The van der Waals surface area contributed by atoms with Crippen molar-refractivity contribution in [2.45, 2.75) is 19.8 Å². The number of phenols is 2. The van der Waals surface area contributed by atoms with Crippen LogP contribution in [0.5, 0.6) is 17.2 Å². The molecule has 3 heteroatoms. The molecule has 0 saturated heterocycles. The fourth-order valence-corrected chi connectivity index (χ4v) is 1.17. The molecule has 3 nitrogen and oxygen atoms in total. The van der Waals surface area contributed by atoms with Gasteiger partial charge in [-0.05, 0) is 12.0 Å². The summed E-state index contributed by atoms with van der Waals surface area (Å²) in [6.45, 7) is 3.71. The lowest BCUT2D eigenvalue weighted by Crippen LogP contribution is -1.89. The molecule has 1 aromatic carbocycles. The highest BCUT2D eigenvalue weighted by Crippen LogP contribution is 2.39. The first kappa shape index (κ1) is 8.71. The van der Waals surface area contributed by atoms with E-state index in [1.165, 1.54) is 12.1 Å². The largest absolute Gasteiger partial charge is 0.591 e. The Hall–Kier alpha value is -1.38. The van der Waals surface area contributed by atoms with Crippen molar-refractivity contribution in [1.82, 2.24) is 0 Å². The predicted octanol–water partition coefficient (Wildman–Crippen LogP) is 1.66. The van der Waals surface area contributed by atoms with Crippen LogP contribution in [0.2, 0.25) is 0 Å². The van der Waals surface area contributed by atoms with Gasteiger partial charge in [0.15, 0.2) is 0 Å². The van der Waals surface area contributed by atoms with Crippen molar-refractivity contribution in [3.63, 3.8) is 0 Å². The molecule has 0 aromatic heterocycles. The third kappa shape index (κ3) is 1.30. The number of hydrogen-bond donors (Lipinski definition) is 2. The number of phenolic OH excluding ortho intramolecular Hbond substituents is 2. The van der Waals surface area contributed by atoms with Crippen molar-refractivity contribution < 1.29 is 15.3 Å². The zero-order valence-corrected chi connectivity index (χ0v) is 7.13. The van der Waals surface area contributed by atoms with Crippen molar-refractivity contribution in [3.8, 4) is 17.2 Å². The molecular formula is C9H13O3+. The van der Waals surface area contributed by atoms with Crippen molar-refractivity contribution >= 4 is 0 Å². The molecule has 0 spiro atoms. The van der Waals surface area contributed by atoms with E-state index in [2.05, 4.69) is 0 Å². The molecule has 1 rings (SSSR count). The van der Waals surface area contributed by atoms with Gasteiger partial charge in [0.2, 0.25) is 5.75 Å². The molecule has 12 heavy (non-hydrogen) atoms. The predicted molar refractivity (Wildman–Crippen MR) is 46.9 cm³/mol. The van der Waals surface area contributed by atoms with Gasteiger partial charge in [-0.2, -0.15) is 0 Å². The molecule has 66 valence electrons. The number of aromatic hydroxyl groups is 2. The number of rotatable bonds is 1. The summed E-state index contributed by atoms with van der Waals surface area (Å²) < 4.78 is 0. The maximum Gasteiger partial charge on any atom is 0.297 e. The highest BCUT2D eigenvalue weighted by atomic mass is 16.3. The Labute approximate surface area is 70.9 Å². The molecule has 0 fully saturated rings. The van der Waals surface area contributed by atoms with Crippen LogP contribution in [0.15, 0.2) is 12.1 Å². The average molecular weight is 169 g/mol. The second-order valence-corrected chi connectivity index (χ2v) is 3.05. The smallest absolute Gasteiger partial charge is 0.297 e. The monoisotopic (exact) mass is 169 g/mol. The van der Waals surface area contributed by atoms with E-state index < -0.39 is 0 Å². The highest BCUT2D eigenvalue weighted by Gasteiger charge is 2.16. The normalized spacial score (nSPS) is 10.6. The summed E-state index contributed by atoms with van der Waals surface area (Å²) in [5, 5.41) is 26.0. The SMILES string of the molecule is CC(C)c1c(O)ccc([OH2+])c1O. The molecule has 1 aromatic rings. The van der Waals surface area contributed by atoms with Gasteiger partial charge in [-0.1, -0.05) is 13.8 Å². The first-order chi connectivity index (χ1) is 5.54. The third-order valence-corrected chi connectivity index (χ3v) is 1.77. The van der Waals surface area contributed by atoms with Crippen molar-refractivity contribution in [2.75, 3.05) is 0 Å². The summed E-state index contributed by atoms with van der Waals surface area (Å²) in [6, 6.07) is 2.80. The molecule has 0 bridgehead atoms. The molecule has 0 unspecified atom stereocenters. The zero-order chi connectivity index (χ0) is 9.30. The summed E-state index contributed by atoms with van der Waals surface area (Å²) in [7, 11) is 0. The summed E-state index contributed by atoms with van der Waals surface area (Å²) in [5.41, 5.74) is 0.447. The maximum absolute atomic E-state index is 9.40.